The minimum Gasteiger partial charge on any atom is -0.496 e. The monoisotopic (exact) mass is 345 g/mol. The highest BCUT2D eigenvalue weighted by Gasteiger charge is 2.19. The summed E-state index contributed by atoms with van der Waals surface area (Å²) in [6, 6.07) is 4.34. The van der Waals surface area contributed by atoms with E-state index in [0.29, 0.717) is 23.1 Å². The van der Waals surface area contributed by atoms with E-state index in [2.05, 4.69) is 26.6 Å². The van der Waals surface area contributed by atoms with Crippen LogP contribution in [0.15, 0.2) is 27.6 Å². The van der Waals surface area contributed by atoms with Crippen molar-refractivity contribution in [3.05, 3.63) is 22.7 Å². The Kier molecular flexibility index (Phi) is 5.85. The van der Waals surface area contributed by atoms with Crippen molar-refractivity contribution in [1.82, 2.24) is 4.72 Å². The molecular weight excluding hydrogens is 330 g/mol. The molecular formula is C13H16BrNO3S. The molecule has 1 unspecified atom stereocenters. The number of methoxy groups -OCH3 is 1. The van der Waals surface area contributed by atoms with Crippen molar-refractivity contribution in [3.63, 3.8) is 0 Å². The highest BCUT2D eigenvalue weighted by Crippen LogP contribution is 2.27. The molecule has 0 saturated heterocycles. The van der Waals surface area contributed by atoms with Gasteiger partial charge in [-0.05, 0) is 40.5 Å². The third kappa shape index (κ3) is 4.23. The minimum absolute atomic E-state index is 0.177. The zero-order chi connectivity index (χ0) is 14.5. The van der Waals surface area contributed by atoms with Gasteiger partial charge in [0.05, 0.1) is 16.5 Å². The first-order chi connectivity index (χ1) is 8.94. The number of nitrogens with one attached hydrogen (secondary N) is 1. The highest BCUT2D eigenvalue weighted by molar-refractivity contribution is 9.10. The van der Waals surface area contributed by atoms with Crippen molar-refractivity contribution >= 4 is 26.0 Å². The van der Waals surface area contributed by atoms with Gasteiger partial charge in [0.25, 0.3) is 0 Å². The Bertz CT molecular complexity index is 578. The van der Waals surface area contributed by atoms with E-state index < -0.39 is 10.0 Å². The molecule has 6 heteroatoms. The van der Waals surface area contributed by atoms with Crippen LogP contribution >= 0.6 is 15.9 Å². The molecule has 1 aromatic carbocycles. The van der Waals surface area contributed by atoms with Crippen LogP contribution in [0.2, 0.25) is 0 Å². The summed E-state index contributed by atoms with van der Waals surface area (Å²) >= 11 is 3.26. The standard InChI is InChI=1S/C13H16BrNO3S/c1-4-6-10(5-2)15-19(16,17)11-7-8-13(18-3)12(14)9-11/h1,7-10,15H,5-6H2,2-3H3. The molecule has 0 saturated carbocycles. The van der Waals surface area contributed by atoms with E-state index in [-0.39, 0.29) is 10.9 Å². The van der Waals surface area contributed by atoms with Crippen LogP contribution in [0.1, 0.15) is 19.8 Å². The van der Waals surface area contributed by atoms with Crippen LogP contribution in [-0.2, 0) is 10.0 Å². The van der Waals surface area contributed by atoms with Crippen LogP contribution in [-0.4, -0.2) is 21.6 Å². The Morgan fingerprint density at radius 2 is 2.21 bits per heavy atom. The van der Waals surface area contributed by atoms with Gasteiger partial charge in [0.1, 0.15) is 5.75 Å². The highest BCUT2D eigenvalue weighted by atomic mass is 79.9. The van der Waals surface area contributed by atoms with Gasteiger partial charge >= 0.3 is 0 Å². The molecule has 104 valence electrons. The van der Waals surface area contributed by atoms with Gasteiger partial charge in [-0.25, -0.2) is 13.1 Å². The molecule has 0 bridgehead atoms. The molecule has 0 aromatic heterocycles. The van der Waals surface area contributed by atoms with Crippen LogP contribution in [0.4, 0.5) is 0 Å². The number of halogens is 1. The Morgan fingerprint density at radius 1 is 1.53 bits per heavy atom. The zero-order valence-corrected chi connectivity index (χ0v) is 13.2. The molecule has 0 aliphatic rings. The topological polar surface area (TPSA) is 55.4 Å². The summed E-state index contributed by atoms with van der Waals surface area (Å²) in [5.41, 5.74) is 0. The lowest BCUT2D eigenvalue weighted by molar-refractivity contribution is 0.411. The molecule has 1 N–H and O–H groups in total. The van der Waals surface area contributed by atoms with Gasteiger partial charge in [0, 0.05) is 12.5 Å². The predicted molar refractivity (Wildman–Crippen MR) is 78.5 cm³/mol. The molecule has 0 spiro atoms. The molecule has 4 nitrogen and oxygen atoms in total. The average Bonchev–Trinajstić information content (AvgIpc) is 2.37. The van der Waals surface area contributed by atoms with Crippen molar-refractivity contribution in [2.45, 2.75) is 30.7 Å². The van der Waals surface area contributed by atoms with Crippen LogP contribution in [0.5, 0.6) is 5.75 Å². The Morgan fingerprint density at radius 3 is 2.68 bits per heavy atom. The number of rotatable bonds is 6. The van der Waals surface area contributed by atoms with Crippen molar-refractivity contribution in [2.24, 2.45) is 0 Å². The molecule has 0 amide bonds. The Balaban J connectivity index is 3.01. The quantitative estimate of drug-likeness (QED) is 0.806. The van der Waals surface area contributed by atoms with Gasteiger partial charge in [-0.2, -0.15) is 0 Å². The van der Waals surface area contributed by atoms with E-state index in [1.165, 1.54) is 19.2 Å². The number of ether oxygens (including phenoxy) is 1. The van der Waals surface area contributed by atoms with Gasteiger partial charge < -0.3 is 4.74 Å². The summed E-state index contributed by atoms with van der Waals surface area (Å²) in [6.45, 7) is 1.88. The Labute approximate surface area is 122 Å². The molecule has 1 aromatic rings. The molecule has 0 aliphatic heterocycles. The van der Waals surface area contributed by atoms with Crippen LogP contribution in [0.25, 0.3) is 0 Å². The third-order valence-corrected chi connectivity index (χ3v) is 4.75. The first-order valence-electron chi connectivity index (χ1n) is 5.74. The lowest BCUT2D eigenvalue weighted by atomic mass is 10.2. The second kappa shape index (κ2) is 6.94. The lowest BCUT2D eigenvalue weighted by Gasteiger charge is -2.15. The number of hydrogen-bond acceptors (Lipinski definition) is 3. The van der Waals surface area contributed by atoms with Crippen LogP contribution in [0.3, 0.4) is 0 Å². The van der Waals surface area contributed by atoms with Crippen LogP contribution in [0, 0.1) is 12.3 Å². The lowest BCUT2D eigenvalue weighted by Crippen LogP contribution is -2.34. The van der Waals surface area contributed by atoms with Gasteiger partial charge in [-0.15, -0.1) is 12.3 Å². The predicted octanol–water partition coefficient (Wildman–Crippen LogP) is 2.54. The zero-order valence-electron chi connectivity index (χ0n) is 10.8. The molecule has 1 rings (SSSR count). The first kappa shape index (κ1) is 16.0. The maximum atomic E-state index is 12.2. The molecule has 0 heterocycles. The largest absolute Gasteiger partial charge is 0.496 e. The number of hydrogen-bond donors (Lipinski definition) is 1. The van der Waals surface area contributed by atoms with E-state index in [4.69, 9.17) is 11.2 Å². The van der Waals surface area contributed by atoms with E-state index in [1.54, 1.807) is 6.07 Å². The SMILES string of the molecule is C#CCC(CC)NS(=O)(=O)c1ccc(OC)c(Br)c1. The summed E-state index contributed by atoms with van der Waals surface area (Å²) in [4.78, 5) is 0.177. The van der Waals surface area contributed by atoms with Gasteiger partial charge in [-0.3, -0.25) is 0 Å². The fourth-order valence-electron chi connectivity index (χ4n) is 1.51. The van der Waals surface area contributed by atoms with E-state index >= 15 is 0 Å². The molecule has 0 radical (unpaired) electrons. The third-order valence-electron chi connectivity index (χ3n) is 2.61. The van der Waals surface area contributed by atoms with Gasteiger partial charge in [0.2, 0.25) is 10.0 Å². The van der Waals surface area contributed by atoms with Gasteiger partial charge in [-0.1, -0.05) is 6.92 Å². The Hall–Kier alpha value is -1.03. The fraction of sp³-hybridized carbons (Fsp3) is 0.385. The second-order valence-corrected chi connectivity index (χ2v) is 6.50. The van der Waals surface area contributed by atoms with Crippen molar-refractivity contribution in [3.8, 4) is 18.1 Å². The van der Waals surface area contributed by atoms with E-state index in [9.17, 15) is 8.42 Å². The summed E-state index contributed by atoms with van der Waals surface area (Å²) in [5.74, 6) is 3.04. The minimum atomic E-state index is -3.57. The van der Waals surface area contributed by atoms with Crippen molar-refractivity contribution in [1.29, 1.82) is 0 Å². The van der Waals surface area contributed by atoms with Crippen molar-refractivity contribution < 1.29 is 13.2 Å². The van der Waals surface area contributed by atoms with Crippen LogP contribution < -0.4 is 9.46 Å². The summed E-state index contributed by atoms with van der Waals surface area (Å²) in [7, 11) is -2.05. The maximum absolute atomic E-state index is 12.2. The average molecular weight is 346 g/mol. The second-order valence-electron chi connectivity index (χ2n) is 3.93. The number of sulfonamides is 1. The van der Waals surface area contributed by atoms with Crippen molar-refractivity contribution in [2.75, 3.05) is 7.11 Å². The fourth-order valence-corrected chi connectivity index (χ4v) is 3.55. The molecule has 0 fully saturated rings. The maximum Gasteiger partial charge on any atom is 0.240 e. The smallest absolute Gasteiger partial charge is 0.240 e. The summed E-state index contributed by atoms with van der Waals surface area (Å²) < 4.78 is 32.6. The van der Waals surface area contributed by atoms with E-state index in [1.807, 2.05) is 6.92 Å². The summed E-state index contributed by atoms with van der Waals surface area (Å²) in [5, 5.41) is 0. The van der Waals surface area contributed by atoms with E-state index in [0.717, 1.165) is 0 Å². The molecule has 1 atom stereocenters. The summed E-state index contributed by atoms with van der Waals surface area (Å²) in [6.07, 6.45) is 6.22. The first-order valence-corrected chi connectivity index (χ1v) is 8.01. The molecule has 0 aliphatic carbocycles. The van der Waals surface area contributed by atoms with Gasteiger partial charge in [0.15, 0.2) is 0 Å². The normalized spacial score (nSPS) is 12.7. The number of benzene rings is 1. The number of terminal acetylenes is 1. The molecule has 19 heavy (non-hydrogen) atoms.